The van der Waals surface area contributed by atoms with Crippen molar-refractivity contribution in [2.45, 2.75) is 31.4 Å². The molecule has 0 unspecified atom stereocenters. The van der Waals surface area contributed by atoms with Crippen LogP contribution in [0.4, 0.5) is 5.82 Å². The van der Waals surface area contributed by atoms with E-state index >= 15 is 0 Å². The Balaban J connectivity index is 2.11. The van der Waals surface area contributed by atoms with Gasteiger partial charge in [-0.15, -0.1) is 11.8 Å². The molecule has 0 bridgehead atoms. The summed E-state index contributed by atoms with van der Waals surface area (Å²) in [6.07, 6.45) is 0. The molecule has 0 aliphatic carbocycles. The molecule has 1 heterocycles. The van der Waals surface area contributed by atoms with Crippen molar-refractivity contribution >= 4 is 33.5 Å². The van der Waals surface area contributed by atoms with Gasteiger partial charge in [0.25, 0.3) is 0 Å². The maximum absolute atomic E-state index is 4.60. The second kappa shape index (κ2) is 7.09. The molecule has 5 heteroatoms. The molecule has 0 aliphatic rings. The molecule has 0 fully saturated rings. The molecular weight excluding hydrogens is 334 g/mol. The number of rotatable bonds is 5. The van der Waals surface area contributed by atoms with Crippen molar-refractivity contribution in [3.8, 4) is 0 Å². The Bertz CT molecular complexity index is 584. The summed E-state index contributed by atoms with van der Waals surface area (Å²) < 4.78 is 1.10. The second-order valence-electron chi connectivity index (χ2n) is 4.47. The summed E-state index contributed by atoms with van der Waals surface area (Å²) in [4.78, 5) is 10.4. The number of nitrogens with one attached hydrogen (secondary N) is 1. The topological polar surface area (TPSA) is 37.8 Å². The zero-order chi connectivity index (χ0) is 14.5. The lowest BCUT2D eigenvalue weighted by molar-refractivity contribution is 0.964. The second-order valence-corrected chi connectivity index (χ2v) is 6.44. The molecule has 2 rings (SSSR count). The van der Waals surface area contributed by atoms with Gasteiger partial charge in [-0.2, -0.15) is 0 Å². The third kappa shape index (κ3) is 3.96. The summed E-state index contributed by atoms with van der Waals surface area (Å²) in [6.45, 7) is 7.04. The van der Waals surface area contributed by atoms with Crippen molar-refractivity contribution in [1.82, 2.24) is 9.97 Å². The first-order chi connectivity index (χ1) is 9.60. The quantitative estimate of drug-likeness (QED) is 0.800. The van der Waals surface area contributed by atoms with Crippen LogP contribution in [0.25, 0.3) is 0 Å². The van der Waals surface area contributed by atoms with Crippen LogP contribution < -0.4 is 5.32 Å². The Morgan fingerprint density at radius 1 is 1.15 bits per heavy atom. The average Bonchev–Trinajstić information content (AvgIpc) is 2.44. The number of nitrogens with zero attached hydrogens (tertiary/aromatic N) is 2. The Morgan fingerprint density at radius 3 is 2.50 bits per heavy atom. The van der Waals surface area contributed by atoms with Crippen LogP contribution in [-0.2, 0) is 5.75 Å². The molecule has 0 amide bonds. The van der Waals surface area contributed by atoms with Crippen molar-refractivity contribution in [3.05, 3.63) is 45.8 Å². The summed E-state index contributed by atoms with van der Waals surface area (Å²) in [7, 11) is 0. The van der Waals surface area contributed by atoms with Gasteiger partial charge in [-0.3, -0.25) is 0 Å². The number of hydrogen-bond acceptors (Lipinski definition) is 4. The van der Waals surface area contributed by atoms with Gasteiger partial charge in [-0.1, -0.05) is 15.9 Å². The van der Waals surface area contributed by atoms with Crippen molar-refractivity contribution in [3.63, 3.8) is 0 Å². The van der Waals surface area contributed by atoms with E-state index in [0.29, 0.717) is 0 Å². The Morgan fingerprint density at radius 2 is 1.85 bits per heavy atom. The number of thioether (sulfide) groups is 1. The number of halogens is 1. The molecule has 20 heavy (non-hydrogen) atoms. The molecule has 0 radical (unpaired) electrons. The molecule has 1 N–H and O–H groups in total. The highest BCUT2D eigenvalue weighted by Crippen LogP contribution is 2.24. The van der Waals surface area contributed by atoms with E-state index in [1.807, 2.05) is 19.1 Å². The molecule has 3 nitrogen and oxygen atoms in total. The van der Waals surface area contributed by atoms with E-state index in [1.165, 1.54) is 4.90 Å². The summed E-state index contributed by atoms with van der Waals surface area (Å²) in [5.74, 6) is 2.60. The van der Waals surface area contributed by atoms with E-state index in [2.05, 4.69) is 57.2 Å². The highest BCUT2D eigenvalue weighted by molar-refractivity contribution is 9.10. The number of aryl methyl sites for hydroxylation is 1. The van der Waals surface area contributed by atoms with Gasteiger partial charge in [0.2, 0.25) is 0 Å². The number of hydrogen-bond donors (Lipinski definition) is 1. The minimum absolute atomic E-state index is 0.779. The summed E-state index contributed by atoms with van der Waals surface area (Å²) in [6, 6.07) is 8.29. The first kappa shape index (κ1) is 15.3. The zero-order valence-corrected chi connectivity index (χ0v) is 14.3. The molecule has 2 aromatic rings. The molecule has 0 spiro atoms. The third-order valence-corrected chi connectivity index (χ3v) is 4.50. The Kier molecular flexibility index (Phi) is 5.43. The first-order valence-electron chi connectivity index (χ1n) is 6.56. The maximum Gasteiger partial charge on any atom is 0.141 e. The van der Waals surface area contributed by atoms with Crippen LogP contribution in [0.5, 0.6) is 0 Å². The van der Waals surface area contributed by atoms with E-state index in [1.54, 1.807) is 11.8 Å². The predicted molar refractivity (Wildman–Crippen MR) is 89.4 cm³/mol. The minimum atomic E-state index is 0.779. The van der Waals surface area contributed by atoms with Gasteiger partial charge >= 0.3 is 0 Å². The fraction of sp³-hybridized carbons (Fsp3) is 0.333. The predicted octanol–water partition coefficient (Wildman–Crippen LogP) is 4.58. The molecule has 1 aromatic carbocycles. The van der Waals surface area contributed by atoms with Crippen LogP contribution in [0.1, 0.15) is 24.0 Å². The van der Waals surface area contributed by atoms with Crippen molar-refractivity contribution < 1.29 is 0 Å². The standard InChI is InChI=1S/C15H18BrN3S/c1-4-17-15-10(2)11(3)18-14(19-15)9-20-13-7-5-12(16)6-8-13/h5-8H,4,9H2,1-3H3,(H,17,18,19). The highest BCUT2D eigenvalue weighted by atomic mass is 79.9. The van der Waals surface area contributed by atoms with Crippen LogP contribution in [0.15, 0.2) is 33.6 Å². The lowest BCUT2D eigenvalue weighted by atomic mass is 10.2. The minimum Gasteiger partial charge on any atom is -0.370 e. The van der Waals surface area contributed by atoms with E-state index in [0.717, 1.165) is 39.7 Å². The Labute approximate surface area is 132 Å². The van der Waals surface area contributed by atoms with Gasteiger partial charge in [-0.05, 0) is 45.0 Å². The van der Waals surface area contributed by atoms with Gasteiger partial charge in [-0.25, -0.2) is 9.97 Å². The lowest BCUT2D eigenvalue weighted by Crippen LogP contribution is -2.07. The number of benzene rings is 1. The number of anilines is 1. The SMILES string of the molecule is CCNc1nc(CSc2ccc(Br)cc2)nc(C)c1C. The third-order valence-electron chi connectivity index (χ3n) is 2.96. The van der Waals surface area contributed by atoms with Crippen LogP contribution in [0, 0.1) is 13.8 Å². The average molecular weight is 352 g/mol. The van der Waals surface area contributed by atoms with Crippen molar-refractivity contribution in [2.75, 3.05) is 11.9 Å². The van der Waals surface area contributed by atoms with Gasteiger partial charge < -0.3 is 5.32 Å². The van der Waals surface area contributed by atoms with Crippen molar-refractivity contribution in [1.29, 1.82) is 0 Å². The largest absolute Gasteiger partial charge is 0.370 e. The summed E-state index contributed by atoms with van der Waals surface area (Å²) in [5.41, 5.74) is 2.17. The molecule has 0 atom stereocenters. The fourth-order valence-corrected chi connectivity index (χ4v) is 2.79. The normalized spacial score (nSPS) is 10.6. The summed E-state index contributed by atoms with van der Waals surface area (Å²) >= 11 is 5.19. The highest BCUT2D eigenvalue weighted by Gasteiger charge is 2.07. The van der Waals surface area contributed by atoms with E-state index < -0.39 is 0 Å². The molecule has 0 saturated carbocycles. The van der Waals surface area contributed by atoms with Crippen molar-refractivity contribution in [2.24, 2.45) is 0 Å². The number of aromatic nitrogens is 2. The van der Waals surface area contributed by atoms with E-state index in [9.17, 15) is 0 Å². The fourth-order valence-electron chi connectivity index (χ4n) is 1.77. The van der Waals surface area contributed by atoms with Gasteiger partial charge in [0.05, 0.1) is 5.75 Å². The van der Waals surface area contributed by atoms with Gasteiger partial charge in [0.1, 0.15) is 11.6 Å². The zero-order valence-electron chi connectivity index (χ0n) is 11.9. The maximum atomic E-state index is 4.60. The van der Waals surface area contributed by atoms with Crippen LogP contribution in [0.3, 0.4) is 0 Å². The summed E-state index contributed by atoms with van der Waals surface area (Å²) in [5, 5.41) is 3.30. The Hall–Kier alpha value is -1.07. The molecule has 1 aromatic heterocycles. The molecule has 0 saturated heterocycles. The van der Waals surface area contributed by atoms with Crippen LogP contribution in [-0.4, -0.2) is 16.5 Å². The van der Waals surface area contributed by atoms with Crippen LogP contribution in [0.2, 0.25) is 0 Å². The molecule has 106 valence electrons. The van der Waals surface area contributed by atoms with Gasteiger partial charge in [0, 0.05) is 27.2 Å². The first-order valence-corrected chi connectivity index (χ1v) is 8.34. The van der Waals surface area contributed by atoms with E-state index in [4.69, 9.17) is 0 Å². The smallest absolute Gasteiger partial charge is 0.141 e. The van der Waals surface area contributed by atoms with Gasteiger partial charge in [0.15, 0.2) is 0 Å². The van der Waals surface area contributed by atoms with Crippen LogP contribution >= 0.6 is 27.7 Å². The lowest BCUT2D eigenvalue weighted by Gasteiger charge is -2.11. The molecule has 0 aliphatic heterocycles. The van der Waals surface area contributed by atoms with E-state index in [-0.39, 0.29) is 0 Å². The molecular formula is C15H18BrN3S. The monoisotopic (exact) mass is 351 g/mol.